The van der Waals surface area contributed by atoms with Gasteiger partial charge in [-0.1, -0.05) is 60.2 Å². The number of benzene rings is 3. The van der Waals surface area contributed by atoms with Gasteiger partial charge in [0.15, 0.2) is 33.0 Å². The Bertz CT molecular complexity index is 2150. The van der Waals surface area contributed by atoms with Gasteiger partial charge in [-0.05, 0) is 49.7 Å². The summed E-state index contributed by atoms with van der Waals surface area (Å²) in [5.41, 5.74) is -0.150. The van der Waals surface area contributed by atoms with Crippen LogP contribution >= 0.6 is 23.2 Å². The predicted molar refractivity (Wildman–Crippen MR) is 186 cm³/mol. The number of rotatable bonds is 5. The third-order valence-corrected chi connectivity index (χ3v) is 13.4. The molecule has 3 aromatic carbocycles. The number of carbonyl (C=O) groups excluding carboxylic acids is 4. The molecule has 54 heavy (non-hydrogen) atoms. The van der Waals surface area contributed by atoms with Crippen molar-refractivity contribution in [1.82, 2.24) is 9.80 Å². The summed E-state index contributed by atoms with van der Waals surface area (Å²) in [6.45, 7) is 3.49. The van der Waals surface area contributed by atoms with Crippen molar-refractivity contribution in [2.45, 2.75) is 60.9 Å². The number of anilines is 1. The van der Waals surface area contributed by atoms with Gasteiger partial charge in [0.2, 0.25) is 17.6 Å². The lowest BCUT2D eigenvalue weighted by Crippen LogP contribution is -2.60. The van der Waals surface area contributed by atoms with E-state index in [1.54, 1.807) is 19.1 Å². The number of aryl methyl sites for hydroxylation is 1. The SMILES string of the molecule is Cc1cccc([C@H]2C3=CC[C@@H]4C(=O)N(C5CCN(Cc6ccccc6)CC5)C(=O)[C@@H]4[C@@H]3C[C@@]3(Cl)C(=O)N(c4c(F)c(F)c(F)c(F)c4F)C(=O)[C@@]23Cl)c1O. The first-order valence-corrected chi connectivity index (χ1v) is 18.3. The highest BCUT2D eigenvalue weighted by molar-refractivity contribution is 6.58. The standard InChI is InChI=1S/C39H32Cl2F5N3O5/c1-18-6-5-9-23(33(18)50)26-21-10-11-22-25(35(52)48(34(22)51)20-12-14-47(15-13-20)17-19-7-3-2-4-8-19)24(21)16-38(40)36(53)49(37(54)39(26,38)41)32-30(45)28(43)27(42)29(44)31(32)46/h2-10,20,22,24-26,50H,11-17H2,1H3/t22-,24+,25-,26+,38+,39-/m0/s1. The van der Waals surface area contributed by atoms with E-state index in [0.717, 1.165) is 5.56 Å². The monoisotopic (exact) mass is 787 g/mol. The molecule has 8 nitrogen and oxygen atoms in total. The van der Waals surface area contributed by atoms with E-state index in [0.29, 0.717) is 38.0 Å². The zero-order chi connectivity index (χ0) is 38.6. The molecule has 0 bridgehead atoms. The van der Waals surface area contributed by atoms with Gasteiger partial charge in [-0.3, -0.25) is 29.0 Å². The largest absolute Gasteiger partial charge is 0.507 e. The highest BCUT2D eigenvalue weighted by atomic mass is 35.5. The number of likely N-dealkylation sites (tertiary alicyclic amines) is 2. The Hall–Kier alpha value is -4.33. The van der Waals surface area contributed by atoms with E-state index in [4.69, 9.17) is 23.2 Å². The molecule has 15 heteroatoms. The van der Waals surface area contributed by atoms with E-state index in [1.165, 1.54) is 17.0 Å². The van der Waals surface area contributed by atoms with Crippen molar-refractivity contribution in [3.05, 3.63) is 106 Å². The second-order valence-electron chi connectivity index (χ2n) is 14.7. The third kappa shape index (κ3) is 4.96. The first kappa shape index (κ1) is 36.6. The third-order valence-electron chi connectivity index (χ3n) is 12.0. The maximum Gasteiger partial charge on any atom is 0.258 e. The lowest BCUT2D eigenvalue weighted by atomic mass is 9.56. The van der Waals surface area contributed by atoms with Crippen molar-refractivity contribution in [3.8, 4) is 5.75 Å². The molecule has 0 radical (unpaired) electrons. The number of hydrogen-bond acceptors (Lipinski definition) is 6. The minimum absolute atomic E-state index is 0.0238. The van der Waals surface area contributed by atoms with Gasteiger partial charge in [0, 0.05) is 37.2 Å². The van der Waals surface area contributed by atoms with Gasteiger partial charge >= 0.3 is 0 Å². The van der Waals surface area contributed by atoms with Crippen LogP contribution in [0.1, 0.15) is 48.3 Å². The zero-order valence-electron chi connectivity index (χ0n) is 28.6. The highest BCUT2D eigenvalue weighted by Gasteiger charge is 2.77. The first-order valence-electron chi connectivity index (χ1n) is 17.5. The smallest absolute Gasteiger partial charge is 0.258 e. The number of allylic oxidation sites excluding steroid dienone is 2. The van der Waals surface area contributed by atoms with E-state index >= 15 is 8.78 Å². The minimum atomic E-state index is -2.71. The summed E-state index contributed by atoms with van der Waals surface area (Å²) in [6, 6.07) is 13.9. The van der Waals surface area contributed by atoms with Gasteiger partial charge in [-0.2, -0.15) is 0 Å². The van der Waals surface area contributed by atoms with Gasteiger partial charge in [0.25, 0.3) is 11.8 Å². The summed E-state index contributed by atoms with van der Waals surface area (Å²) in [4.78, 5) is 55.4. The van der Waals surface area contributed by atoms with Crippen LogP contribution in [0.3, 0.4) is 0 Å². The number of amides is 4. The second kappa shape index (κ2) is 12.9. The minimum Gasteiger partial charge on any atom is -0.507 e. The number of alkyl halides is 2. The summed E-state index contributed by atoms with van der Waals surface area (Å²) in [6.07, 6.45) is 2.08. The quantitative estimate of drug-likeness (QED) is 0.0780. The molecule has 8 rings (SSSR count). The number of phenols is 1. The van der Waals surface area contributed by atoms with E-state index in [1.807, 2.05) is 30.3 Å². The van der Waals surface area contributed by atoms with Crippen LogP contribution in [0.25, 0.3) is 0 Å². The van der Waals surface area contributed by atoms with Crippen molar-refractivity contribution in [2.24, 2.45) is 17.8 Å². The van der Waals surface area contributed by atoms with Crippen molar-refractivity contribution in [1.29, 1.82) is 0 Å². The second-order valence-corrected chi connectivity index (χ2v) is 16.0. The number of fused-ring (bicyclic) bond motifs is 4. The molecule has 5 aliphatic rings. The van der Waals surface area contributed by atoms with Gasteiger partial charge in [-0.25, -0.2) is 26.9 Å². The molecule has 282 valence electrons. The molecular formula is C39H32Cl2F5N3O5. The molecule has 0 unspecified atom stereocenters. The summed E-state index contributed by atoms with van der Waals surface area (Å²) in [5.74, 6) is -21.2. The van der Waals surface area contributed by atoms with Crippen LogP contribution in [0.4, 0.5) is 27.6 Å². The average Bonchev–Trinajstić information content (AvgIpc) is 3.50. The number of phenolic OH excluding ortho intramolecular Hbond substituents is 1. The molecule has 3 saturated heterocycles. The zero-order valence-corrected chi connectivity index (χ0v) is 30.1. The van der Waals surface area contributed by atoms with Crippen LogP contribution in [0, 0.1) is 53.8 Å². The fourth-order valence-electron chi connectivity index (χ4n) is 9.39. The molecule has 3 heterocycles. The first-order chi connectivity index (χ1) is 25.6. The number of imide groups is 2. The molecule has 0 spiro atoms. The number of aromatic hydroxyl groups is 1. The molecule has 3 aliphatic heterocycles. The molecule has 1 N–H and O–H groups in total. The number of piperidine rings is 1. The van der Waals surface area contributed by atoms with Crippen molar-refractivity contribution in [2.75, 3.05) is 18.0 Å². The summed E-state index contributed by atoms with van der Waals surface area (Å²) in [7, 11) is 0. The summed E-state index contributed by atoms with van der Waals surface area (Å²) >= 11 is 14.4. The molecule has 4 fully saturated rings. The molecule has 1 saturated carbocycles. The normalized spacial score (nSPS) is 30.1. The molecule has 6 atom stereocenters. The molecule has 3 aromatic rings. The van der Waals surface area contributed by atoms with Crippen LogP contribution in [0.5, 0.6) is 5.75 Å². The number of halogens is 7. The van der Waals surface area contributed by atoms with Crippen molar-refractivity contribution in [3.63, 3.8) is 0 Å². The molecule has 2 aliphatic carbocycles. The highest BCUT2D eigenvalue weighted by Crippen LogP contribution is 2.67. The maximum atomic E-state index is 15.3. The fourth-order valence-corrected chi connectivity index (χ4v) is 10.3. The lowest BCUT2D eigenvalue weighted by Gasteiger charge is -2.50. The molecule has 0 aromatic heterocycles. The van der Waals surface area contributed by atoms with Gasteiger partial charge in [-0.15, -0.1) is 23.2 Å². The number of hydrogen-bond donors (Lipinski definition) is 1. The summed E-state index contributed by atoms with van der Waals surface area (Å²) < 4.78 is 73.7. The van der Waals surface area contributed by atoms with Crippen LogP contribution in [-0.4, -0.2) is 67.4 Å². The lowest BCUT2D eigenvalue weighted by molar-refractivity contribution is -0.144. The number of carbonyl (C=O) groups is 4. The maximum absolute atomic E-state index is 15.3. The van der Waals surface area contributed by atoms with Crippen molar-refractivity contribution >= 4 is 52.5 Å². The predicted octanol–water partition coefficient (Wildman–Crippen LogP) is 6.62. The topological polar surface area (TPSA) is 98.2 Å². The van der Waals surface area contributed by atoms with Gasteiger partial charge in [0.1, 0.15) is 11.4 Å². The molecule has 4 amide bonds. The van der Waals surface area contributed by atoms with E-state index < -0.39 is 104 Å². The number of para-hydroxylation sites is 1. The van der Waals surface area contributed by atoms with Crippen LogP contribution in [0.2, 0.25) is 0 Å². The Labute approximate surface area is 316 Å². The Kier molecular flexibility index (Phi) is 8.74. The van der Waals surface area contributed by atoms with Crippen molar-refractivity contribution < 1.29 is 46.2 Å². The van der Waals surface area contributed by atoms with E-state index in [9.17, 15) is 37.5 Å². The Morgan fingerprint density at radius 3 is 2.07 bits per heavy atom. The Balaban J connectivity index is 1.19. The fraction of sp³-hybridized carbons (Fsp3) is 0.385. The van der Waals surface area contributed by atoms with Crippen LogP contribution in [0.15, 0.2) is 60.2 Å². The molecular weight excluding hydrogens is 756 g/mol. The van der Waals surface area contributed by atoms with Crippen LogP contribution in [-0.2, 0) is 25.7 Å². The Morgan fingerprint density at radius 1 is 0.796 bits per heavy atom. The van der Waals surface area contributed by atoms with E-state index in [2.05, 4.69) is 4.90 Å². The Morgan fingerprint density at radius 2 is 1.43 bits per heavy atom. The van der Waals surface area contributed by atoms with Crippen LogP contribution < -0.4 is 4.90 Å². The van der Waals surface area contributed by atoms with E-state index in [-0.39, 0.29) is 28.2 Å². The number of nitrogens with zero attached hydrogens (tertiary/aromatic N) is 3. The van der Waals surface area contributed by atoms with Gasteiger partial charge in [0.05, 0.1) is 11.8 Å². The summed E-state index contributed by atoms with van der Waals surface area (Å²) in [5, 5.41) is 11.4. The average molecular weight is 789 g/mol. The van der Waals surface area contributed by atoms with Gasteiger partial charge < -0.3 is 5.11 Å².